The van der Waals surface area contributed by atoms with Crippen LogP contribution in [0.1, 0.15) is 21.5 Å². The molecule has 0 amide bonds. The fourth-order valence-electron chi connectivity index (χ4n) is 2.67. The first-order valence-corrected chi connectivity index (χ1v) is 7.04. The highest BCUT2D eigenvalue weighted by atomic mass is 16.4. The van der Waals surface area contributed by atoms with E-state index in [0.29, 0.717) is 22.1 Å². The Morgan fingerprint density at radius 2 is 1.91 bits per heavy atom. The van der Waals surface area contributed by atoms with Crippen molar-refractivity contribution in [1.82, 2.24) is 4.98 Å². The van der Waals surface area contributed by atoms with Crippen molar-refractivity contribution in [2.45, 2.75) is 6.92 Å². The number of furan rings is 1. The Kier molecular flexibility index (Phi) is 2.87. The Morgan fingerprint density at radius 3 is 2.70 bits per heavy atom. The van der Waals surface area contributed by atoms with E-state index in [9.17, 15) is 9.59 Å². The average Bonchev–Trinajstić information content (AvgIpc) is 2.96. The summed E-state index contributed by atoms with van der Waals surface area (Å²) in [6.07, 6.45) is 4.63. The molecule has 23 heavy (non-hydrogen) atoms. The highest BCUT2D eigenvalue weighted by molar-refractivity contribution is 6.11. The van der Waals surface area contributed by atoms with E-state index < -0.39 is 5.63 Å². The maximum Gasteiger partial charge on any atom is 0.347 e. The highest BCUT2D eigenvalue weighted by Crippen LogP contribution is 2.29. The van der Waals surface area contributed by atoms with Crippen LogP contribution < -0.4 is 5.63 Å². The smallest absolute Gasteiger partial charge is 0.347 e. The number of nitrogens with zero attached hydrogens (tertiary/aromatic N) is 1. The minimum Gasteiger partial charge on any atom is -0.464 e. The lowest BCUT2D eigenvalue weighted by Gasteiger charge is -2.03. The lowest BCUT2D eigenvalue weighted by molar-refractivity contribution is 0.103. The molecule has 0 spiro atoms. The van der Waals surface area contributed by atoms with E-state index in [4.69, 9.17) is 8.83 Å². The van der Waals surface area contributed by atoms with Crippen LogP contribution in [0.15, 0.2) is 62.6 Å². The predicted octanol–water partition coefficient (Wildman–Crippen LogP) is 3.47. The third-order valence-corrected chi connectivity index (χ3v) is 3.81. The van der Waals surface area contributed by atoms with Gasteiger partial charge in [0, 0.05) is 23.3 Å². The van der Waals surface area contributed by atoms with Gasteiger partial charge in [-0.2, -0.15) is 0 Å². The normalized spacial score (nSPS) is 11.2. The van der Waals surface area contributed by atoms with Crippen molar-refractivity contribution in [3.05, 3.63) is 76.1 Å². The van der Waals surface area contributed by atoms with Crippen molar-refractivity contribution in [3.8, 4) is 0 Å². The summed E-state index contributed by atoms with van der Waals surface area (Å²) in [6.45, 7) is 1.88. The number of aryl methyl sites for hydroxylation is 1. The lowest BCUT2D eigenvalue weighted by Crippen LogP contribution is -2.14. The second kappa shape index (κ2) is 4.91. The molecule has 4 rings (SSSR count). The van der Waals surface area contributed by atoms with Gasteiger partial charge in [0.1, 0.15) is 16.7 Å². The third-order valence-electron chi connectivity index (χ3n) is 3.81. The Labute approximate surface area is 130 Å². The second-order valence-electron chi connectivity index (χ2n) is 5.29. The topological polar surface area (TPSA) is 73.3 Å². The molecule has 5 nitrogen and oxygen atoms in total. The van der Waals surface area contributed by atoms with Gasteiger partial charge < -0.3 is 8.83 Å². The molecule has 0 N–H and O–H groups in total. The minimum absolute atomic E-state index is 0.00389. The fourth-order valence-corrected chi connectivity index (χ4v) is 2.67. The maximum atomic E-state index is 12.5. The lowest BCUT2D eigenvalue weighted by atomic mass is 10.0. The molecule has 0 saturated carbocycles. The number of fused-ring (bicyclic) bond motifs is 3. The fraction of sp³-hybridized carbons (Fsp3) is 0.0556. The third kappa shape index (κ3) is 2.05. The molecule has 0 radical (unpaired) electrons. The quantitative estimate of drug-likeness (QED) is 0.419. The molecule has 0 atom stereocenters. The molecular weight excluding hydrogens is 294 g/mol. The number of benzene rings is 1. The SMILES string of the molecule is Cc1coc2ccc3cc(C(=O)c4ccncc4)c(=O)oc3c12. The van der Waals surface area contributed by atoms with Crippen LogP contribution in [0.2, 0.25) is 0 Å². The first-order chi connectivity index (χ1) is 11.1. The van der Waals surface area contributed by atoms with Crippen LogP contribution in [0.3, 0.4) is 0 Å². The van der Waals surface area contributed by atoms with Gasteiger partial charge in [-0.1, -0.05) is 0 Å². The van der Waals surface area contributed by atoms with Crippen LogP contribution in [0, 0.1) is 6.92 Å². The number of hydrogen-bond donors (Lipinski definition) is 0. The molecule has 0 aliphatic carbocycles. The first kappa shape index (κ1) is 13.5. The van der Waals surface area contributed by atoms with Crippen molar-refractivity contribution >= 4 is 27.7 Å². The van der Waals surface area contributed by atoms with E-state index in [2.05, 4.69) is 4.98 Å². The van der Waals surface area contributed by atoms with Gasteiger partial charge in [0.2, 0.25) is 0 Å². The van der Waals surface area contributed by atoms with Crippen LogP contribution in [-0.2, 0) is 0 Å². The van der Waals surface area contributed by atoms with E-state index in [1.54, 1.807) is 36.6 Å². The minimum atomic E-state index is -0.660. The van der Waals surface area contributed by atoms with Crippen LogP contribution >= 0.6 is 0 Å². The molecule has 0 aliphatic rings. The molecule has 112 valence electrons. The number of ketones is 1. The zero-order chi connectivity index (χ0) is 16.0. The Balaban J connectivity index is 1.98. The van der Waals surface area contributed by atoms with Crippen LogP contribution in [0.25, 0.3) is 21.9 Å². The molecule has 0 aliphatic heterocycles. The maximum absolute atomic E-state index is 12.5. The molecule has 0 bridgehead atoms. The molecule has 3 heterocycles. The molecule has 0 fully saturated rings. The summed E-state index contributed by atoms with van der Waals surface area (Å²) in [6, 6.07) is 8.26. The van der Waals surface area contributed by atoms with Crippen molar-refractivity contribution in [2.24, 2.45) is 0 Å². The molecule has 0 unspecified atom stereocenters. The summed E-state index contributed by atoms with van der Waals surface area (Å²) in [5.74, 6) is -0.382. The second-order valence-corrected chi connectivity index (χ2v) is 5.29. The Hall–Kier alpha value is -3.21. The molecule has 1 aromatic carbocycles. The number of rotatable bonds is 2. The number of carbonyl (C=O) groups is 1. The number of pyridine rings is 1. The summed E-state index contributed by atoms with van der Waals surface area (Å²) in [7, 11) is 0. The average molecular weight is 305 g/mol. The van der Waals surface area contributed by atoms with E-state index >= 15 is 0 Å². The van der Waals surface area contributed by atoms with Gasteiger partial charge in [-0.05, 0) is 42.8 Å². The van der Waals surface area contributed by atoms with E-state index in [-0.39, 0.29) is 11.3 Å². The number of aromatic nitrogens is 1. The van der Waals surface area contributed by atoms with E-state index in [1.165, 1.54) is 12.4 Å². The number of carbonyl (C=O) groups excluding carboxylic acids is 1. The summed E-state index contributed by atoms with van der Waals surface area (Å²) in [5.41, 5.74) is 1.70. The van der Waals surface area contributed by atoms with Crippen LogP contribution in [0.4, 0.5) is 0 Å². The number of hydrogen-bond acceptors (Lipinski definition) is 5. The van der Waals surface area contributed by atoms with E-state index in [1.807, 2.05) is 6.92 Å². The molecule has 5 heteroatoms. The molecule has 3 aromatic heterocycles. The molecule has 4 aromatic rings. The van der Waals surface area contributed by atoms with Gasteiger partial charge in [0.15, 0.2) is 5.78 Å². The Morgan fingerprint density at radius 1 is 1.13 bits per heavy atom. The van der Waals surface area contributed by atoms with Gasteiger partial charge in [-0.25, -0.2) is 4.79 Å². The summed E-state index contributed by atoms with van der Waals surface area (Å²) in [5, 5.41) is 1.43. The van der Waals surface area contributed by atoms with Gasteiger partial charge in [-0.3, -0.25) is 9.78 Å². The van der Waals surface area contributed by atoms with Crippen molar-refractivity contribution < 1.29 is 13.6 Å². The van der Waals surface area contributed by atoms with Gasteiger partial charge >= 0.3 is 5.63 Å². The zero-order valence-electron chi connectivity index (χ0n) is 12.2. The summed E-state index contributed by atoms with van der Waals surface area (Å²) < 4.78 is 10.8. The first-order valence-electron chi connectivity index (χ1n) is 7.04. The molecule has 0 saturated heterocycles. The highest BCUT2D eigenvalue weighted by Gasteiger charge is 2.17. The largest absolute Gasteiger partial charge is 0.464 e. The summed E-state index contributed by atoms with van der Waals surface area (Å²) >= 11 is 0. The zero-order valence-corrected chi connectivity index (χ0v) is 12.2. The van der Waals surface area contributed by atoms with Gasteiger partial charge in [0.25, 0.3) is 0 Å². The summed E-state index contributed by atoms with van der Waals surface area (Å²) in [4.78, 5) is 28.6. The standard InChI is InChI=1S/C18H11NO4/c1-10-9-22-14-3-2-12-8-13(18(21)23-17(12)15(10)14)16(20)11-4-6-19-7-5-11/h2-9H,1H3. The van der Waals surface area contributed by atoms with Crippen molar-refractivity contribution in [3.63, 3.8) is 0 Å². The van der Waals surface area contributed by atoms with Crippen LogP contribution in [-0.4, -0.2) is 10.8 Å². The van der Waals surface area contributed by atoms with Gasteiger partial charge in [-0.15, -0.1) is 0 Å². The van der Waals surface area contributed by atoms with Crippen LogP contribution in [0.5, 0.6) is 0 Å². The van der Waals surface area contributed by atoms with Crippen molar-refractivity contribution in [2.75, 3.05) is 0 Å². The van der Waals surface area contributed by atoms with E-state index in [0.717, 1.165) is 10.9 Å². The van der Waals surface area contributed by atoms with Crippen molar-refractivity contribution in [1.29, 1.82) is 0 Å². The van der Waals surface area contributed by atoms with Gasteiger partial charge in [0.05, 0.1) is 11.6 Å². The predicted molar refractivity (Wildman–Crippen MR) is 84.7 cm³/mol. The monoisotopic (exact) mass is 305 g/mol. The Bertz CT molecular complexity index is 1110. The molecular formula is C18H11NO4.